The Bertz CT molecular complexity index is 603. The number of nitrogens with zero attached hydrogens (tertiary/aromatic N) is 2. The van der Waals surface area contributed by atoms with Crippen molar-refractivity contribution in [3.05, 3.63) is 46.3 Å². The number of anilines is 2. The zero-order chi connectivity index (χ0) is 13.1. The quantitative estimate of drug-likeness (QED) is 0.655. The molecule has 0 radical (unpaired) electrons. The van der Waals surface area contributed by atoms with Crippen molar-refractivity contribution in [3.8, 4) is 0 Å². The Morgan fingerprint density at radius 1 is 1.28 bits per heavy atom. The van der Waals surface area contributed by atoms with Gasteiger partial charge in [0.1, 0.15) is 5.82 Å². The highest BCUT2D eigenvalue weighted by Gasteiger charge is 2.12. The number of halogens is 2. The lowest BCUT2D eigenvalue weighted by atomic mass is 10.2. The molecule has 0 saturated heterocycles. The topological polar surface area (TPSA) is 80.9 Å². The zero-order valence-corrected chi connectivity index (χ0v) is 10.5. The van der Waals surface area contributed by atoms with Gasteiger partial charge in [-0.3, -0.25) is 4.79 Å². The number of nitrogen functional groups attached to an aromatic ring is 1. The summed E-state index contributed by atoms with van der Waals surface area (Å²) < 4.78 is 0. The van der Waals surface area contributed by atoms with Crippen molar-refractivity contribution in [1.82, 2.24) is 9.97 Å². The van der Waals surface area contributed by atoms with Gasteiger partial charge in [-0.15, -0.1) is 0 Å². The predicted octanol–water partition coefficient (Wildman–Crippen LogP) is 2.62. The number of hydrogen-bond donors (Lipinski definition) is 2. The van der Waals surface area contributed by atoms with Crippen molar-refractivity contribution in [1.29, 1.82) is 0 Å². The van der Waals surface area contributed by atoms with Crippen molar-refractivity contribution in [2.75, 3.05) is 11.1 Å². The molecule has 0 unspecified atom stereocenters. The van der Waals surface area contributed by atoms with Crippen LogP contribution in [0.5, 0.6) is 0 Å². The van der Waals surface area contributed by atoms with E-state index in [1.54, 1.807) is 18.2 Å². The van der Waals surface area contributed by atoms with Crippen LogP contribution in [-0.4, -0.2) is 15.9 Å². The summed E-state index contributed by atoms with van der Waals surface area (Å²) in [4.78, 5) is 19.5. The van der Waals surface area contributed by atoms with Crippen LogP contribution in [0.2, 0.25) is 10.3 Å². The Labute approximate surface area is 113 Å². The molecule has 5 nitrogen and oxygen atoms in total. The molecule has 1 heterocycles. The molecule has 1 amide bonds. The molecule has 18 heavy (non-hydrogen) atoms. The Hall–Kier alpha value is -1.85. The molecule has 0 saturated carbocycles. The highest BCUT2D eigenvalue weighted by atomic mass is 35.5. The molecule has 7 heteroatoms. The molecule has 92 valence electrons. The highest BCUT2D eigenvalue weighted by Crippen LogP contribution is 2.23. The number of carbonyl (C=O) groups is 1. The summed E-state index contributed by atoms with van der Waals surface area (Å²) in [5.41, 5.74) is 6.23. The van der Waals surface area contributed by atoms with E-state index in [0.29, 0.717) is 11.5 Å². The second-order valence-corrected chi connectivity index (χ2v) is 4.09. The number of aromatic nitrogens is 2. The van der Waals surface area contributed by atoms with Crippen LogP contribution < -0.4 is 11.1 Å². The molecule has 1 aromatic heterocycles. The molecular formula is C11H8Cl2N4O. The summed E-state index contributed by atoms with van der Waals surface area (Å²) in [6.45, 7) is 0. The van der Waals surface area contributed by atoms with E-state index in [-0.39, 0.29) is 15.9 Å². The summed E-state index contributed by atoms with van der Waals surface area (Å²) in [7, 11) is 0. The maximum Gasteiger partial charge on any atom is 0.258 e. The fourth-order valence-corrected chi connectivity index (χ4v) is 1.67. The summed E-state index contributed by atoms with van der Waals surface area (Å²) in [6.07, 6.45) is 1.44. The molecule has 0 bridgehead atoms. The third-order valence-corrected chi connectivity index (χ3v) is 2.74. The predicted molar refractivity (Wildman–Crippen MR) is 70.9 cm³/mol. The zero-order valence-electron chi connectivity index (χ0n) is 9.02. The SMILES string of the molecule is Nc1cccc(C(=O)Nc2ccnc(Cl)n2)c1Cl. The maximum atomic E-state index is 11.9. The molecule has 2 rings (SSSR count). The summed E-state index contributed by atoms with van der Waals surface area (Å²) >= 11 is 11.6. The summed E-state index contributed by atoms with van der Waals surface area (Å²) in [5, 5.41) is 2.80. The van der Waals surface area contributed by atoms with E-state index in [1.165, 1.54) is 12.3 Å². The lowest BCUT2D eigenvalue weighted by Crippen LogP contribution is -2.14. The van der Waals surface area contributed by atoms with E-state index in [1.807, 2.05) is 0 Å². The average Bonchev–Trinajstić information content (AvgIpc) is 2.32. The van der Waals surface area contributed by atoms with Crippen LogP contribution >= 0.6 is 23.2 Å². The van der Waals surface area contributed by atoms with E-state index in [0.717, 1.165) is 0 Å². The van der Waals surface area contributed by atoms with Gasteiger partial charge in [0, 0.05) is 6.20 Å². The van der Waals surface area contributed by atoms with Crippen LogP contribution in [0.1, 0.15) is 10.4 Å². The van der Waals surface area contributed by atoms with Gasteiger partial charge in [0.2, 0.25) is 5.28 Å². The van der Waals surface area contributed by atoms with Crippen LogP contribution in [0.25, 0.3) is 0 Å². The van der Waals surface area contributed by atoms with Crippen molar-refractivity contribution in [2.45, 2.75) is 0 Å². The minimum atomic E-state index is -0.415. The minimum absolute atomic E-state index is 0.0477. The summed E-state index contributed by atoms with van der Waals surface area (Å²) in [6, 6.07) is 6.34. The van der Waals surface area contributed by atoms with Gasteiger partial charge in [-0.05, 0) is 29.8 Å². The molecule has 1 aromatic carbocycles. The highest BCUT2D eigenvalue weighted by molar-refractivity contribution is 6.36. The molecular weight excluding hydrogens is 275 g/mol. The second kappa shape index (κ2) is 5.20. The van der Waals surface area contributed by atoms with Crippen molar-refractivity contribution < 1.29 is 4.79 Å². The first kappa shape index (κ1) is 12.6. The Balaban J connectivity index is 2.25. The van der Waals surface area contributed by atoms with Gasteiger partial charge in [0.25, 0.3) is 5.91 Å². The van der Waals surface area contributed by atoms with Crippen LogP contribution in [-0.2, 0) is 0 Å². The van der Waals surface area contributed by atoms with Crippen molar-refractivity contribution in [2.24, 2.45) is 0 Å². The number of benzene rings is 1. The third-order valence-electron chi connectivity index (χ3n) is 2.14. The van der Waals surface area contributed by atoms with E-state index in [9.17, 15) is 4.79 Å². The lowest BCUT2D eigenvalue weighted by Gasteiger charge is -2.07. The van der Waals surface area contributed by atoms with Gasteiger partial charge in [-0.2, -0.15) is 0 Å². The van der Waals surface area contributed by atoms with Gasteiger partial charge in [-0.1, -0.05) is 17.7 Å². The molecule has 0 aliphatic heterocycles. The minimum Gasteiger partial charge on any atom is -0.398 e. The largest absolute Gasteiger partial charge is 0.398 e. The molecule has 0 fully saturated rings. The van der Waals surface area contributed by atoms with Crippen molar-refractivity contribution in [3.63, 3.8) is 0 Å². The fraction of sp³-hybridized carbons (Fsp3) is 0. The third kappa shape index (κ3) is 2.69. The van der Waals surface area contributed by atoms with E-state index >= 15 is 0 Å². The van der Waals surface area contributed by atoms with Gasteiger partial charge in [0.15, 0.2) is 0 Å². The monoisotopic (exact) mass is 282 g/mol. The molecule has 3 N–H and O–H groups in total. The van der Waals surface area contributed by atoms with Gasteiger partial charge in [-0.25, -0.2) is 9.97 Å². The molecule has 2 aromatic rings. The fourth-order valence-electron chi connectivity index (χ4n) is 1.31. The first-order valence-electron chi connectivity index (χ1n) is 4.92. The van der Waals surface area contributed by atoms with E-state index in [4.69, 9.17) is 28.9 Å². The number of rotatable bonds is 2. The number of hydrogen-bond acceptors (Lipinski definition) is 4. The Morgan fingerprint density at radius 3 is 2.78 bits per heavy atom. The Morgan fingerprint density at radius 2 is 2.06 bits per heavy atom. The normalized spacial score (nSPS) is 10.1. The van der Waals surface area contributed by atoms with Crippen LogP contribution in [0.15, 0.2) is 30.5 Å². The van der Waals surface area contributed by atoms with Gasteiger partial charge >= 0.3 is 0 Å². The second-order valence-electron chi connectivity index (χ2n) is 3.37. The molecule has 0 atom stereocenters. The van der Waals surface area contributed by atoms with E-state index < -0.39 is 5.91 Å². The maximum absolute atomic E-state index is 11.9. The number of carbonyl (C=O) groups excluding carboxylic acids is 1. The first-order valence-corrected chi connectivity index (χ1v) is 5.67. The summed E-state index contributed by atoms with van der Waals surface area (Å²) in [5.74, 6) is -0.124. The van der Waals surface area contributed by atoms with Crippen LogP contribution in [0.4, 0.5) is 11.5 Å². The lowest BCUT2D eigenvalue weighted by molar-refractivity contribution is 0.102. The smallest absolute Gasteiger partial charge is 0.258 e. The number of nitrogens with two attached hydrogens (primary N) is 1. The standard InChI is InChI=1S/C11H8Cl2N4O/c12-9-6(2-1-3-7(9)14)10(18)16-8-4-5-15-11(13)17-8/h1-5H,14H2,(H,15,16,17,18). The molecule has 0 aliphatic rings. The molecule has 0 spiro atoms. The number of amides is 1. The first-order chi connectivity index (χ1) is 8.58. The van der Waals surface area contributed by atoms with Crippen molar-refractivity contribution >= 4 is 40.6 Å². The van der Waals surface area contributed by atoms with Gasteiger partial charge < -0.3 is 11.1 Å². The van der Waals surface area contributed by atoms with Gasteiger partial charge in [0.05, 0.1) is 16.3 Å². The molecule has 0 aliphatic carbocycles. The Kier molecular flexibility index (Phi) is 3.64. The van der Waals surface area contributed by atoms with Crippen LogP contribution in [0, 0.1) is 0 Å². The van der Waals surface area contributed by atoms with Crippen LogP contribution in [0.3, 0.4) is 0 Å². The average molecular weight is 283 g/mol. The number of nitrogens with one attached hydrogen (secondary N) is 1. The van der Waals surface area contributed by atoms with E-state index in [2.05, 4.69) is 15.3 Å².